The zero-order chi connectivity index (χ0) is 23.1. The summed E-state index contributed by atoms with van der Waals surface area (Å²) in [7, 11) is -9.77. The van der Waals surface area contributed by atoms with Crippen molar-refractivity contribution in [3.63, 3.8) is 0 Å². The van der Waals surface area contributed by atoms with Crippen molar-refractivity contribution < 1.29 is 24.5 Å². The van der Waals surface area contributed by atoms with Crippen molar-refractivity contribution in [3.05, 3.63) is 82.3 Å². The Balaban J connectivity index is 1.87. The first-order valence-corrected chi connectivity index (χ1v) is 11.0. The van der Waals surface area contributed by atoms with Crippen LogP contribution in [0.4, 0.5) is 19.4 Å². The van der Waals surface area contributed by atoms with Crippen molar-refractivity contribution in [2.75, 3.05) is 0 Å². The van der Waals surface area contributed by atoms with E-state index in [1.54, 1.807) is 30.3 Å². The highest BCUT2D eigenvalue weighted by Crippen LogP contribution is 3.02. The highest BCUT2D eigenvalue weighted by molar-refractivity contribution is 8.45. The number of hydrogen-bond donors (Lipinski definition) is 3. The molecule has 0 aliphatic rings. The lowest BCUT2D eigenvalue weighted by atomic mass is 9.94. The molecule has 3 rings (SSSR count). The van der Waals surface area contributed by atoms with Gasteiger partial charge in [-0.05, 0) is 31.5 Å². The SMILES string of the molecule is CC(C)(NC(O)c1cc(=O)[nH]c(-c2ccccc2)n1)c1ccc(S(F)(F)(F)(F)F)cc1. The molecule has 0 bridgehead atoms. The Bertz CT molecular complexity index is 1150. The van der Waals surface area contributed by atoms with Gasteiger partial charge in [-0.3, -0.25) is 10.1 Å². The molecular weight excluding hydrogens is 441 g/mol. The van der Waals surface area contributed by atoms with E-state index < -0.39 is 32.4 Å². The van der Waals surface area contributed by atoms with Gasteiger partial charge in [0.25, 0.3) is 5.56 Å². The van der Waals surface area contributed by atoms with Gasteiger partial charge in [-0.15, -0.1) is 0 Å². The normalized spacial score (nSPS) is 15.7. The van der Waals surface area contributed by atoms with E-state index >= 15 is 0 Å². The molecule has 0 fully saturated rings. The first-order chi connectivity index (χ1) is 14.0. The van der Waals surface area contributed by atoms with Gasteiger partial charge in [0.2, 0.25) is 0 Å². The molecule has 3 aromatic rings. The fourth-order valence-electron chi connectivity index (χ4n) is 2.98. The smallest absolute Gasteiger partial charge is 0.310 e. The van der Waals surface area contributed by atoms with Crippen molar-refractivity contribution in [1.29, 1.82) is 0 Å². The Morgan fingerprint density at radius 3 is 2.13 bits per heavy atom. The van der Waals surface area contributed by atoms with Gasteiger partial charge in [-0.2, -0.15) is 0 Å². The number of H-pyrrole nitrogens is 1. The molecule has 31 heavy (non-hydrogen) atoms. The molecule has 11 heteroatoms. The Labute approximate surface area is 174 Å². The molecule has 5 nitrogen and oxygen atoms in total. The van der Waals surface area contributed by atoms with Crippen molar-refractivity contribution in [2.45, 2.75) is 30.5 Å². The molecule has 0 saturated carbocycles. The molecular formula is C20H20F5N3O2S. The first-order valence-electron chi connectivity index (χ1n) is 9.02. The summed E-state index contributed by atoms with van der Waals surface area (Å²) in [4.78, 5) is 16.8. The van der Waals surface area contributed by atoms with E-state index in [0.717, 1.165) is 18.2 Å². The Hall–Kier alpha value is -2.76. The molecule has 0 aliphatic heterocycles. The lowest BCUT2D eigenvalue weighted by Crippen LogP contribution is -2.40. The molecule has 0 radical (unpaired) electrons. The van der Waals surface area contributed by atoms with Crippen LogP contribution in [0.15, 0.2) is 70.4 Å². The molecule has 2 aromatic carbocycles. The largest absolute Gasteiger partial charge is 0.373 e. The number of nitrogens with one attached hydrogen (secondary N) is 2. The maximum absolute atomic E-state index is 12.9. The molecule has 0 amide bonds. The minimum absolute atomic E-state index is 0.0145. The van der Waals surface area contributed by atoms with E-state index in [9.17, 15) is 29.3 Å². The summed E-state index contributed by atoms with van der Waals surface area (Å²) in [6.07, 6.45) is -1.46. The number of halogens is 5. The van der Waals surface area contributed by atoms with Crippen LogP contribution in [0.3, 0.4) is 0 Å². The number of aromatic amines is 1. The molecule has 1 unspecified atom stereocenters. The zero-order valence-electron chi connectivity index (χ0n) is 16.5. The van der Waals surface area contributed by atoms with Crippen LogP contribution >= 0.6 is 10.2 Å². The number of rotatable bonds is 6. The molecule has 1 atom stereocenters. The van der Waals surface area contributed by atoms with Crippen molar-refractivity contribution in [1.82, 2.24) is 15.3 Å². The quantitative estimate of drug-likeness (QED) is 0.329. The third kappa shape index (κ3) is 5.49. The van der Waals surface area contributed by atoms with E-state index in [2.05, 4.69) is 15.3 Å². The number of aromatic nitrogens is 2. The van der Waals surface area contributed by atoms with Crippen LogP contribution in [-0.2, 0) is 5.54 Å². The predicted octanol–water partition coefficient (Wildman–Crippen LogP) is 5.61. The van der Waals surface area contributed by atoms with Crippen molar-refractivity contribution >= 4 is 10.2 Å². The summed E-state index contributed by atoms with van der Waals surface area (Å²) in [6.45, 7) is 3.08. The van der Waals surface area contributed by atoms with E-state index in [0.29, 0.717) is 17.7 Å². The van der Waals surface area contributed by atoms with Crippen LogP contribution in [0.2, 0.25) is 0 Å². The third-order valence-electron chi connectivity index (χ3n) is 4.61. The molecule has 1 aromatic heterocycles. The molecule has 168 valence electrons. The summed E-state index contributed by atoms with van der Waals surface area (Å²) in [6, 6.07) is 12.2. The topological polar surface area (TPSA) is 78.0 Å². The van der Waals surface area contributed by atoms with Gasteiger partial charge in [0.05, 0.1) is 5.69 Å². The predicted molar refractivity (Wildman–Crippen MR) is 109 cm³/mol. The van der Waals surface area contributed by atoms with Crippen LogP contribution in [0.1, 0.15) is 31.3 Å². The van der Waals surface area contributed by atoms with Gasteiger partial charge in [0.15, 0.2) is 0 Å². The molecule has 1 heterocycles. The number of nitrogens with zero attached hydrogens (tertiary/aromatic N) is 1. The molecule has 3 N–H and O–H groups in total. The highest BCUT2D eigenvalue weighted by Gasteiger charge is 2.65. The van der Waals surface area contributed by atoms with Crippen LogP contribution in [-0.4, -0.2) is 15.1 Å². The zero-order valence-corrected chi connectivity index (χ0v) is 17.3. The Kier molecular flexibility index (Phi) is 5.08. The second kappa shape index (κ2) is 6.87. The Morgan fingerprint density at radius 1 is 1.00 bits per heavy atom. The Morgan fingerprint density at radius 2 is 1.58 bits per heavy atom. The van der Waals surface area contributed by atoms with Gasteiger partial charge < -0.3 is 10.1 Å². The van der Waals surface area contributed by atoms with Crippen LogP contribution in [0.25, 0.3) is 11.4 Å². The van der Waals surface area contributed by atoms with E-state index in [-0.39, 0.29) is 17.1 Å². The van der Waals surface area contributed by atoms with Gasteiger partial charge >= 0.3 is 10.2 Å². The maximum atomic E-state index is 12.9. The minimum Gasteiger partial charge on any atom is -0.373 e. The first kappa shape index (κ1) is 22.9. The van der Waals surface area contributed by atoms with Gasteiger partial charge in [-0.25, -0.2) is 4.98 Å². The molecule has 0 saturated heterocycles. The van der Waals surface area contributed by atoms with E-state index in [4.69, 9.17) is 0 Å². The van der Waals surface area contributed by atoms with E-state index in [1.807, 2.05) is 0 Å². The fraction of sp³-hybridized carbons (Fsp3) is 0.200. The average Bonchev–Trinajstić information content (AvgIpc) is 2.66. The monoisotopic (exact) mass is 461 g/mol. The summed E-state index contributed by atoms with van der Waals surface area (Å²) in [5.41, 5.74) is -0.848. The van der Waals surface area contributed by atoms with Gasteiger partial charge in [-0.1, -0.05) is 61.9 Å². The fourth-order valence-corrected chi connectivity index (χ4v) is 3.63. The van der Waals surface area contributed by atoms with Crippen molar-refractivity contribution in [3.8, 4) is 11.4 Å². The lowest BCUT2D eigenvalue weighted by Gasteiger charge is -2.41. The second-order valence-electron chi connectivity index (χ2n) is 7.55. The summed E-state index contributed by atoms with van der Waals surface area (Å²) in [5.74, 6) is 0.224. The number of aliphatic hydroxyl groups excluding tert-OH is 1. The van der Waals surface area contributed by atoms with Crippen LogP contribution in [0, 0.1) is 0 Å². The van der Waals surface area contributed by atoms with Crippen molar-refractivity contribution in [2.24, 2.45) is 0 Å². The third-order valence-corrected chi connectivity index (χ3v) is 5.77. The average molecular weight is 461 g/mol. The minimum atomic E-state index is -9.77. The molecule has 0 spiro atoms. The van der Waals surface area contributed by atoms with Crippen LogP contribution < -0.4 is 10.9 Å². The highest BCUT2D eigenvalue weighted by atomic mass is 32.5. The number of hydrogen-bond acceptors (Lipinski definition) is 4. The van der Waals surface area contributed by atoms with Gasteiger partial charge in [0, 0.05) is 17.2 Å². The maximum Gasteiger partial charge on any atom is 0.310 e. The molecule has 0 aliphatic carbocycles. The summed E-state index contributed by atoms with van der Waals surface area (Å²) >= 11 is 0. The summed E-state index contributed by atoms with van der Waals surface area (Å²) < 4.78 is 64.6. The van der Waals surface area contributed by atoms with Crippen LogP contribution in [0.5, 0.6) is 0 Å². The number of benzene rings is 2. The lowest BCUT2D eigenvalue weighted by molar-refractivity contribution is 0.0967. The van der Waals surface area contributed by atoms with Gasteiger partial charge in [0.1, 0.15) is 16.9 Å². The standard InChI is InChI=1S/C20H20F5N3O2S/c1-20(2,14-8-10-15(11-9-14)31(21,22,23,24)25)28-19(30)16-12-17(29)27-18(26-16)13-6-4-3-5-7-13/h3-12,19,28,30H,1-2H3,(H,26,27,29). The second-order valence-corrected chi connectivity index (χ2v) is 9.96. The van der Waals surface area contributed by atoms with E-state index in [1.165, 1.54) is 13.8 Å². The number of aliphatic hydroxyl groups is 1. The summed E-state index contributed by atoms with van der Waals surface area (Å²) in [5, 5.41) is 13.3.